The van der Waals surface area contributed by atoms with Gasteiger partial charge in [-0.2, -0.15) is 0 Å². The lowest BCUT2D eigenvalue weighted by molar-refractivity contribution is 0.0141. The highest BCUT2D eigenvalue weighted by atomic mass is 32.2. The van der Waals surface area contributed by atoms with Gasteiger partial charge in [-0.25, -0.2) is 8.42 Å². The second kappa shape index (κ2) is 6.32. The summed E-state index contributed by atoms with van der Waals surface area (Å²) in [4.78, 5) is 2.31. The fourth-order valence-electron chi connectivity index (χ4n) is 2.97. The van der Waals surface area contributed by atoms with Gasteiger partial charge in [0.05, 0.1) is 18.1 Å². The lowest BCUT2D eigenvalue weighted by atomic mass is 9.88. The van der Waals surface area contributed by atoms with E-state index in [-0.39, 0.29) is 23.1 Å². The zero-order valence-electron chi connectivity index (χ0n) is 11.7. The molecule has 0 aromatic heterocycles. The van der Waals surface area contributed by atoms with Gasteiger partial charge < -0.3 is 10.5 Å². The first-order chi connectivity index (χ1) is 8.40. The normalized spacial score (nSPS) is 24.1. The van der Waals surface area contributed by atoms with Crippen LogP contribution in [0.3, 0.4) is 0 Å². The molecule has 0 aromatic rings. The number of methoxy groups -OCH3 is 1. The first kappa shape index (κ1) is 15.9. The van der Waals surface area contributed by atoms with E-state index in [1.54, 1.807) is 7.11 Å². The van der Waals surface area contributed by atoms with E-state index in [4.69, 9.17) is 10.5 Å². The van der Waals surface area contributed by atoms with E-state index in [0.29, 0.717) is 26.0 Å². The lowest BCUT2D eigenvalue weighted by Gasteiger charge is -2.48. The summed E-state index contributed by atoms with van der Waals surface area (Å²) < 4.78 is 28.4. The number of likely N-dealkylation sites (N-methyl/N-ethyl adjacent to an activating group) is 1. The first-order valence-electron chi connectivity index (χ1n) is 6.57. The van der Waals surface area contributed by atoms with Crippen LogP contribution in [0.25, 0.3) is 0 Å². The van der Waals surface area contributed by atoms with Crippen LogP contribution < -0.4 is 5.73 Å². The molecule has 1 saturated heterocycles. The van der Waals surface area contributed by atoms with Gasteiger partial charge in [-0.15, -0.1) is 0 Å². The van der Waals surface area contributed by atoms with Crippen LogP contribution in [0.2, 0.25) is 0 Å². The van der Waals surface area contributed by atoms with Crippen LogP contribution in [-0.4, -0.2) is 63.2 Å². The molecule has 1 aliphatic rings. The van der Waals surface area contributed by atoms with E-state index in [2.05, 4.69) is 18.7 Å². The van der Waals surface area contributed by atoms with Crippen LogP contribution in [0.15, 0.2) is 0 Å². The fourth-order valence-corrected chi connectivity index (χ4v) is 4.56. The molecule has 0 aliphatic carbocycles. The van der Waals surface area contributed by atoms with Crippen molar-refractivity contribution in [2.75, 3.05) is 38.3 Å². The highest BCUT2D eigenvalue weighted by molar-refractivity contribution is 7.91. The van der Waals surface area contributed by atoms with E-state index >= 15 is 0 Å². The Morgan fingerprint density at radius 2 is 1.94 bits per heavy atom. The summed E-state index contributed by atoms with van der Waals surface area (Å²) >= 11 is 0. The molecule has 0 aromatic carbocycles. The zero-order valence-corrected chi connectivity index (χ0v) is 12.5. The van der Waals surface area contributed by atoms with Crippen LogP contribution >= 0.6 is 0 Å². The summed E-state index contributed by atoms with van der Waals surface area (Å²) in [7, 11) is -1.17. The average Bonchev–Trinajstić information content (AvgIpc) is 2.33. The van der Waals surface area contributed by atoms with Crippen molar-refractivity contribution in [1.82, 2.24) is 4.90 Å². The van der Waals surface area contributed by atoms with Crippen LogP contribution in [0.1, 0.15) is 26.7 Å². The van der Waals surface area contributed by atoms with Gasteiger partial charge in [0.1, 0.15) is 9.84 Å². The van der Waals surface area contributed by atoms with E-state index < -0.39 is 9.84 Å². The van der Waals surface area contributed by atoms with Crippen molar-refractivity contribution in [3.63, 3.8) is 0 Å². The highest BCUT2D eigenvalue weighted by Crippen LogP contribution is 2.30. The minimum atomic E-state index is -2.86. The Morgan fingerprint density at radius 1 is 1.39 bits per heavy atom. The van der Waals surface area contributed by atoms with Gasteiger partial charge in [-0.05, 0) is 26.3 Å². The molecule has 1 aliphatic heterocycles. The zero-order chi connectivity index (χ0) is 13.8. The molecule has 2 N–H and O–H groups in total. The van der Waals surface area contributed by atoms with E-state index in [1.807, 2.05) is 0 Å². The Balaban J connectivity index is 2.86. The Morgan fingerprint density at radius 3 is 2.33 bits per heavy atom. The Kier molecular flexibility index (Phi) is 5.58. The number of nitrogens with two attached hydrogens (primary N) is 1. The van der Waals surface area contributed by atoms with Gasteiger partial charge >= 0.3 is 0 Å². The van der Waals surface area contributed by atoms with Crippen LogP contribution in [0, 0.1) is 0 Å². The molecule has 0 saturated carbocycles. The summed E-state index contributed by atoms with van der Waals surface area (Å²) in [6.07, 6.45) is 1.27. The molecule has 0 amide bonds. The van der Waals surface area contributed by atoms with Gasteiger partial charge in [-0.3, -0.25) is 4.90 Å². The van der Waals surface area contributed by atoms with Crippen molar-refractivity contribution < 1.29 is 13.2 Å². The van der Waals surface area contributed by atoms with Crippen LogP contribution in [0.4, 0.5) is 0 Å². The molecule has 1 fully saturated rings. The molecule has 0 bridgehead atoms. The molecule has 108 valence electrons. The third kappa shape index (κ3) is 3.44. The monoisotopic (exact) mass is 278 g/mol. The Hall–Kier alpha value is -0.170. The molecule has 6 heteroatoms. The molecular weight excluding hydrogens is 252 g/mol. The summed E-state index contributed by atoms with van der Waals surface area (Å²) in [6, 6.07) is 0.254. The largest absolute Gasteiger partial charge is 0.383 e. The van der Waals surface area contributed by atoms with Crippen molar-refractivity contribution in [2.24, 2.45) is 5.73 Å². The fraction of sp³-hybridized carbons (Fsp3) is 1.00. The quantitative estimate of drug-likeness (QED) is 0.754. The summed E-state index contributed by atoms with van der Waals surface area (Å²) in [5.74, 6) is 0.501. The van der Waals surface area contributed by atoms with Gasteiger partial charge in [0.25, 0.3) is 0 Å². The number of sulfone groups is 1. The lowest BCUT2D eigenvalue weighted by Crippen LogP contribution is -2.61. The SMILES string of the molecule is CCN(C(C)COC)C1(CN)CCS(=O)(=O)CC1. The number of hydrogen-bond acceptors (Lipinski definition) is 5. The second-order valence-electron chi connectivity index (χ2n) is 5.17. The number of hydrogen-bond donors (Lipinski definition) is 1. The number of ether oxygens (including phenoxy) is 1. The molecule has 1 unspecified atom stereocenters. The molecule has 1 rings (SSSR count). The standard InChI is InChI=1S/C12H26N2O3S/c1-4-14(11(2)9-17-3)12(10-13)5-7-18(15,16)8-6-12/h11H,4-10,13H2,1-3H3. The Labute approximate surface area is 111 Å². The number of nitrogens with zero attached hydrogens (tertiary/aromatic N) is 1. The average molecular weight is 278 g/mol. The van der Waals surface area contributed by atoms with Crippen molar-refractivity contribution >= 4 is 9.84 Å². The molecular formula is C12H26N2O3S. The third-order valence-electron chi connectivity index (χ3n) is 4.03. The molecule has 1 atom stereocenters. The van der Waals surface area contributed by atoms with E-state index in [1.165, 1.54) is 0 Å². The van der Waals surface area contributed by atoms with Crippen molar-refractivity contribution in [3.05, 3.63) is 0 Å². The van der Waals surface area contributed by atoms with E-state index in [9.17, 15) is 8.42 Å². The minimum absolute atomic E-state index is 0.183. The van der Waals surface area contributed by atoms with Crippen molar-refractivity contribution in [3.8, 4) is 0 Å². The maximum absolute atomic E-state index is 11.6. The molecule has 18 heavy (non-hydrogen) atoms. The third-order valence-corrected chi connectivity index (χ3v) is 5.68. The summed E-state index contributed by atoms with van der Waals surface area (Å²) in [5.41, 5.74) is 5.78. The van der Waals surface area contributed by atoms with Gasteiger partial charge in [0.15, 0.2) is 0 Å². The summed E-state index contributed by atoms with van der Waals surface area (Å²) in [5, 5.41) is 0. The number of rotatable bonds is 6. The molecule has 0 spiro atoms. The van der Waals surface area contributed by atoms with E-state index in [0.717, 1.165) is 6.54 Å². The second-order valence-corrected chi connectivity index (χ2v) is 7.47. The summed E-state index contributed by atoms with van der Waals surface area (Å²) in [6.45, 7) is 6.20. The molecule has 1 heterocycles. The van der Waals surface area contributed by atoms with Crippen LogP contribution in [0.5, 0.6) is 0 Å². The maximum atomic E-state index is 11.6. The van der Waals surface area contributed by atoms with Gasteiger partial charge in [0, 0.05) is 25.2 Å². The highest BCUT2D eigenvalue weighted by Gasteiger charge is 2.41. The molecule has 5 nitrogen and oxygen atoms in total. The van der Waals surface area contributed by atoms with Crippen LogP contribution in [-0.2, 0) is 14.6 Å². The minimum Gasteiger partial charge on any atom is -0.383 e. The Bertz CT molecular complexity index is 342. The maximum Gasteiger partial charge on any atom is 0.150 e. The van der Waals surface area contributed by atoms with Gasteiger partial charge in [0.2, 0.25) is 0 Å². The first-order valence-corrected chi connectivity index (χ1v) is 8.39. The topological polar surface area (TPSA) is 72.6 Å². The predicted molar refractivity (Wildman–Crippen MR) is 73.4 cm³/mol. The van der Waals surface area contributed by atoms with Crippen molar-refractivity contribution in [1.29, 1.82) is 0 Å². The smallest absolute Gasteiger partial charge is 0.150 e. The predicted octanol–water partition coefficient (Wildman–Crippen LogP) is 0.249. The molecule has 0 radical (unpaired) electrons. The van der Waals surface area contributed by atoms with Crippen molar-refractivity contribution in [2.45, 2.75) is 38.3 Å². The van der Waals surface area contributed by atoms with Gasteiger partial charge in [-0.1, -0.05) is 6.92 Å².